The summed E-state index contributed by atoms with van der Waals surface area (Å²) in [5, 5.41) is 11.8. The van der Waals surface area contributed by atoms with Gasteiger partial charge in [-0.3, -0.25) is 9.59 Å². The van der Waals surface area contributed by atoms with Crippen molar-refractivity contribution in [3.05, 3.63) is 27.8 Å². The number of carboxylic acids is 1. The first-order chi connectivity index (χ1) is 8.21. The first-order valence-electron chi connectivity index (χ1n) is 5.51. The fraction of sp³-hybridized carbons (Fsp3) is 0.385. The smallest absolute Gasteiger partial charge is 0.316 e. The van der Waals surface area contributed by atoms with E-state index in [4.69, 9.17) is 5.11 Å². The topological polar surface area (TPSA) is 66.4 Å². The molecule has 0 radical (unpaired) electrons. The zero-order valence-corrected chi connectivity index (χ0v) is 12.7. The zero-order valence-electron chi connectivity index (χ0n) is 10.5. The number of carboxylic acid groups (broad SMARTS) is 1. The van der Waals surface area contributed by atoms with Crippen molar-refractivity contribution in [1.29, 1.82) is 0 Å². The van der Waals surface area contributed by atoms with Crippen molar-refractivity contribution >= 4 is 40.2 Å². The van der Waals surface area contributed by atoms with Crippen LogP contribution in [0, 0.1) is 14.9 Å². The van der Waals surface area contributed by atoms with Crippen LogP contribution in [0.4, 0.5) is 5.69 Å². The number of hydrogen-bond donors (Lipinski definition) is 2. The molecule has 1 amide bonds. The molecule has 1 aromatic rings. The molecule has 0 aliphatic heterocycles. The molecular formula is C13H16INO3. The first kappa shape index (κ1) is 14.9. The number of carbonyl (C=O) groups is 2. The highest BCUT2D eigenvalue weighted by Crippen LogP contribution is 2.27. The average molecular weight is 361 g/mol. The highest BCUT2D eigenvalue weighted by molar-refractivity contribution is 14.1. The first-order valence-corrected chi connectivity index (χ1v) is 6.59. The van der Waals surface area contributed by atoms with Gasteiger partial charge in [0.15, 0.2) is 0 Å². The van der Waals surface area contributed by atoms with Crippen LogP contribution in [0.15, 0.2) is 24.3 Å². The van der Waals surface area contributed by atoms with Crippen molar-refractivity contribution in [1.82, 2.24) is 0 Å². The summed E-state index contributed by atoms with van der Waals surface area (Å²) in [5.41, 5.74) is -0.0138. The molecule has 1 unspecified atom stereocenters. The minimum Gasteiger partial charge on any atom is -0.481 e. The van der Waals surface area contributed by atoms with Crippen molar-refractivity contribution in [2.45, 2.75) is 20.8 Å². The van der Waals surface area contributed by atoms with Gasteiger partial charge in [0.05, 0.1) is 0 Å². The summed E-state index contributed by atoms with van der Waals surface area (Å²) < 4.78 is 0.980. The fourth-order valence-corrected chi connectivity index (χ4v) is 2.20. The molecule has 4 nitrogen and oxygen atoms in total. The molecule has 0 saturated carbocycles. The molecule has 18 heavy (non-hydrogen) atoms. The second-order valence-corrected chi connectivity index (χ2v) is 6.38. The number of halogens is 1. The fourth-order valence-electron chi connectivity index (χ4n) is 1.66. The number of amides is 1. The molecule has 0 aliphatic carbocycles. The Balaban J connectivity index is 2.90. The molecule has 0 fully saturated rings. The summed E-state index contributed by atoms with van der Waals surface area (Å²) in [7, 11) is 0. The van der Waals surface area contributed by atoms with Gasteiger partial charge in [0, 0.05) is 9.26 Å². The maximum atomic E-state index is 12.0. The lowest BCUT2D eigenvalue weighted by molar-refractivity contribution is -0.149. The van der Waals surface area contributed by atoms with Crippen LogP contribution in [0.25, 0.3) is 0 Å². The third kappa shape index (κ3) is 3.97. The number of nitrogens with one attached hydrogen (secondary N) is 1. The van der Waals surface area contributed by atoms with E-state index < -0.39 is 23.2 Å². The summed E-state index contributed by atoms with van der Waals surface area (Å²) in [6.07, 6.45) is 0. The standard InChI is InChI=1S/C13H16INO3/c1-13(2,3)10(12(17)18)11(16)15-9-6-4-5-8(14)7-9/h4-7,10H,1-3H3,(H,15,16)(H,17,18). The lowest BCUT2D eigenvalue weighted by Crippen LogP contribution is -2.39. The van der Waals surface area contributed by atoms with Crippen molar-refractivity contribution in [3.8, 4) is 0 Å². The third-order valence-corrected chi connectivity index (χ3v) is 3.14. The van der Waals surface area contributed by atoms with Crippen molar-refractivity contribution in [2.24, 2.45) is 11.3 Å². The molecule has 0 bridgehead atoms. The van der Waals surface area contributed by atoms with E-state index in [0.717, 1.165) is 3.57 Å². The van der Waals surface area contributed by atoms with Gasteiger partial charge in [-0.05, 0) is 46.2 Å². The Hall–Kier alpha value is -1.11. The molecule has 5 heteroatoms. The highest BCUT2D eigenvalue weighted by atomic mass is 127. The average Bonchev–Trinajstić information content (AvgIpc) is 2.13. The number of rotatable bonds is 3. The van der Waals surface area contributed by atoms with E-state index in [1.807, 2.05) is 12.1 Å². The molecule has 1 rings (SSSR count). The lowest BCUT2D eigenvalue weighted by atomic mass is 9.80. The minimum atomic E-state index is -1.11. The highest BCUT2D eigenvalue weighted by Gasteiger charge is 2.37. The van der Waals surface area contributed by atoms with Crippen molar-refractivity contribution in [3.63, 3.8) is 0 Å². The van der Waals surface area contributed by atoms with Gasteiger partial charge in [-0.15, -0.1) is 0 Å². The molecule has 0 aromatic heterocycles. The molecule has 1 aromatic carbocycles. The van der Waals surface area contributed by atoms with Crippen LogP contribution in [0.1, 0.15) is 20.8 Å². The molecule has 0 heterocycles. The van der Waals surface area contributed by atoms with E-state index in [2.05, 4.69) is 27.9 Å². The monoisotopic (exact) mass is 361 g/mol. The predicted octanol–water partition coefficient (Wildman–Crippen LogP) is 2.98. The SMILES string of the molecule is CC(C)(C)C(C(=O)O)C(=O)Nc1cccc(I)c1. The zero-order chi connectivity index (χ0) is 13.9. The van der Waals surface area contributed by atoms with Crippen molar-refractivity contribution in [2.75, 3.05) is 5.32 Å². The predicted molar refractivity (Wildman–Crippen MR) is 78.4 cm³/mol. The molecule has 0 aliphatic rings. The lowest BCUT2D eigenvalue weighted by Gasteiger charge is -2.25. The molecule has 0 saturated heterocycles. The normalized spacial score (nSPS) is 12.9. The van der Waals surface area contributed by atoms with Gasteiger partial charge in [-0.25, -0.2) is 0 Å². The van der Waals surface area contributed by atoms with Gasteiger partial charge in [0.25, 0.3) is 0 Å². The van der Waals surface area contributed by atoms with Gasteiger partial charge in [-0.2, -0.15) is 0 Å². The number of benzene rings is 1. The van der Waals surface area contributed by atoms with Gasteiger partial charge in [0.1, 0.15) is 5.92 Å². The second kappa shape index (κ2) is 5.69. The summed E-state index contributed by atoms with van der Waals surface area (Å²) in [6, 6.07) is 7.24. The number of carbonyl (C=O) groups excluding carboxylic acids is 1. The van der Waals surface area contributed by atoms with Crippen LogP contribution in [0.2, 0.25) is 0 Å². The minimum absolute atomic E-state index is 0.489. The molecule has 98 valence electrons. The van der Waals surface area contributed by atoms with E-state index in [1.165, 1.54) is 0 Å². The Morgan fingerprint density at radius 2 is 1.94 bits per heavy atom. The maximum Gasteiger partial charge on any atom is 0.316 e. The molecular weight excluding hydrogens is 345 g/mol. The summed E-state index contributed by atoms with van der Waals surface area (Å²) in [4.78, 5) is 23.2. The Labute approximate surface area is 120 Å². The van der Waals surface area contributed by atoms with E-state index in [-0.39, 0.29) is 0 Å². The quantitative estimate of drug-likeness (QED) is 0.643. The maximum absolute atomic E-state index is 12.0. The number of hydrogen-bond acceptors (Lipinski definition) is 2. The van der Waals surface area contributed by atoms with Gasteiger partial charge >= 0.3 is 5.97 Å². The molecule has 1 atom stereocenters. The summed E-state index contributed by atoms with van der Waals surface area (Å²) in [6.45, 7) is 5.21. The van der Waals surface area contributed by atoms with E-state index in [9.17, 15) is 9.59 Å². The Kier molecular flexibility index (Phi) is 4.72. The second-order valence-electron chi connectivity index (χ2n) is 5.14. The summed E-state index contributed by atoms with van der Waals surface area (Å²) >= 11 is 2.13. The van der Waals surface area contributed by atoms with Crippen LogP contribution < -0.4 is 5.32 Å². The molecule has 2 N–H and O–H groups in total. The van der Waals surface area contributed by atoms with E-state index in [1.54, 1.807) is 32.9 Å². The Morgan fingerprint density at radius 3 is 2.39 bits per heavy atom. The van der Waals surface area contributed by atoms with Crippen LogP contribution in [-0.2, 0) is 9.59 Å². The third-order valence-electron chi connectivity index (χ3n) is 2.47. The Morgan fingerprint density at radius 1 is 1.33 bits per heavy atom. The van der Waals surface area contributed by atoms with Crippen LogP contribution in [0.5, 0.6) is 0 Å². The van der Waals surface area contributed by atoms with E-state index in [0.29, 0.717) is 5.69 Å². The Bertz CT molecular complexity index is 466. The number of aliphatic carboxylic acids is 1. The van der Waals surface area contributed by atoms with E-state index >= 15 is 0 Å². The number of anilines is 1. The van der Waals surface area contributed by atoms with Crippen molar-refractivity contribution < 1.29 is 14.7 Å². The van der Waals surface area contributed by atoms with Crippen LogP contribution in [0.3, 0.4) is 0 Å². The van der Waals surface area contributed by atoms with Crippen LogP contribution >= 0.6 is 22.6 Å². The van der Waals surface area contributed by atoms with Gasteiger partial charge < -0.3 is 10.4 Å². The van der Waals surface area contributed by atoms with Gasteiger partial charge in [0.2, 0.25) is 5.91 Å². The van der Waals surface area contributed by atoms with Gasteiger partial charge in [-0.1, -0.05) is 26.8 Å². The van der Waals surface area contributed by atoms with Crippen LogP contribution in [-0.4, -0.2) is 17.0 Å². The largest absolute Gasteiger partial charge is 0.481 e. The summed E-state index contributed by atoms with van der Waals surface area (Å²) in [5.74, 6) is -2.67. The molecule has 0 spiro atoms.